The third kappa shape index (κ3) is 7.04. The molecule has 0 aliphatic rings. The van der Waals surface area contributed by atoms with Gasteiger partial charge in [-0.2, -0.15) is 0 Å². The standard InChI is InChI=1S/C60H42N2/c1-2-12-43(13-3-1)45-24-26-46(27-25-45)47-28-35-53(36-29-47)61(59-22-10-18-50-15-6-8-20-57(50)59)54-37-30-48(31-38-54)49-32-39-55(40-33-49)62(56-41-34-44-14-4-5-17-52(44)42-56)60-23-11-19-51-16-7-9-21-58(51)60/h1-42H. The van der Waals surface area contributed by atoms with Gasteiger partial charge in [-0.25, -0.2) is 0 Å². The molecule has 11 aromatic carbocycles. The molecule has 0 aromatic heterocycles. The first-order chi connectivity index (χ1) is 30.7. The first-order valence-electron chi connectivity index (χ1n) is 21.2. The minimum atomic E-state index is 1.10. The Morgan fingerprint density at radius 3 is 0.984 bits per heavy atom. The lowest BCUT2D eigenvalue weighted by molar-refractivity contribution is 1.29. The molecule has 0 aliphatic carbocycles. The maximum Gasteiger partial charge on any atom is 0.0540 e. The van der Waals surface area contributed by atoms with Gasteiger partial charge in [0.25, 0.3) is 0 Å². The molecule has 0 radical (unpaired) electrons. The molecular formula is C60H42N2. The first kappa shape index (κ1) is 36.8. The maximum atomic E-state index is 2.38. The predicted molar refractivity (Wildman–Crippen MR) is 265 cm³/mol. The van der Waals surface area contributed by atoms with E-state index in [0.29, 0.717) is 0 Å². The normalized spacial score (nSPS) is 11.2. The van der Waals surface area contributed by atoms with E-state index >= 15 is 0 Å². The quantitative estimate of drug-likeness (QED) is 0.144. The van der Waals surface area contributed by atoms with Crippen LogP contribution >= 0.6 is 0 Å². The average Bonchev–Trinajstić information content (AvgIpc) is 3.35. The molecule has 0 bridgehead atoms. The Bertz CT molecular complexity index is 3310. The second-order valence-corrected chi connectivity index (χ2v) is 15.8. The van der Waals surface area contributed by atoms with Gasteiger partial charge in [-0.3, -0.25) is 0 Å². The fourth-order valence-corrected chi connectivity index (χ4v) is 8.87. The van der Waals surface area contributed by atoms with E-state index in [0.717, 1.165) is 45.3 Å². The monoisotopic (exact) mass is 790 g/mol. The molecule has 0 N–H and O–H groups in total. The number of anilines is 6. The Morgan fingerprint density at radius 2 is 0.516 bits per heavy atom. The number of nitrogens with zero attached hydrogens (tertiary/aromatic N) is 2. The van der Waals surface area contributed by atoms with Crippen LogP contribution in [0.2, 0.25) is 0 Å². The third-order valence-corrected chi connectivity index (χ3v) is 12.0. The summed E-state index contributed by atoms with van der Waals surface area (Å²) in [5.74, 6) is 0. The summed E-state index contributed by atoms with van der Waals surface area (Å²) >= 11 is 0. The third-order valence-electron chi connectivity index (χ3n) is 12.0. The molecule has 0 aliphatic heterocycles. The Balaban J connectivity index is 0.934. The van der Waals surface area contributed by atoms with Crippen LogP contribution in [0.5, 0.6) is 0 Å². The van der Waals surface area contributed by atoms with Crippen LogP contribution in [0, 0.1) is 0 Å². The highest BCUT2D eigenvalue weighted by Crippen LogP contribution is 2.43. The molecule has 0 saturated carbocycles. The number of fused-ring (bicyclic) bond motifs is 3. The Kier molecular flexibility index (Phi) is 9.57. The number of benzene rings is 11. The molecule has 0 atom stereocenters. The number of rotatable bonds is 9. The summed E-state index contributed by atoms with van der Waals surface area (Å²) in [4.78, 5) is 4.76. The first-order valence-corrected chi connectivity index (χ1v) is 21.2. The number of hydrogen-bond acceptors (Lipinski definition) is 2. The highest BCUT2D eigenvalue weighted by Gasteiger charge is 2.18. The lowest BCUT2D eigenvalue weighted by Gasteiger charge is -2.28. The molecule has 0 amide bonds. The lowest BCUT2D eigenvalue weighted by atomic mass is 9.99. The maximum absolute atomic E-state index is 2.38. The summed E-state index contributed by atoms with van der Waals surface area (Å²) in [6, 6.07) is 92.1. The molecule has 292 valence electrons. The topological polar surface area (TPSA) is 6.48 Å². The molecular weight excluding hydrogens is 749 g/mol. The van der Waals surface area contributed by atoms with Crippen molar-refractivity contribution in [1.82, 2.24) is 0 Å². The Labute approximate surface area is 362 Å². The molecule has 0 unspecified atom stereocenters. The van der Waals surface area contributed by atoms with Gasteiger partial charge in [-0.15, -0.1) is 0 Å². The SMILES string of the molecule is c1ccc(-c2ccc(-c3ccc(N(c4ccc(-c5ccc(N(c6ccc7ccccc7c6)c6cccc7ccccc67)cc5)cc4)c4cccc5ccccc45)cc3)cc2)cc1. The van der Waals surface area contributed by atoms with Gasteiger partial charge in [0.2, 0.25) is 0 Å². The zero-order chi connectivity index (χ0) is 41.2. The fourth-order valence-electron chi connectivity index (χ4n) is 8.87. The van der Waals surface area contributed by atoms with Gasteiger partial charge in [0, 0.05) is 33.5 Å². The van der Waals surface area contributed by atoms with Crippen LogP contribution in [0.15, 0.2) is 255 Å². The van der Waals surface area contributed by atoms with Gasteiger partial charge in [0.05, 0.1) is 11.4 Å². The zero-order valence-electron chi connectivity index (χ0n) is 34.1. The van der Waals surface area contributed by atoms with Crippen LogP contribution in [0.3, 0.4) is 0 Å². The van der Waals surface area contributed by atoms with E-state index in [2.05, 4.69) is 265 Å². The second kappa shape index (κ2) is 16.1. The van der Waals surface area contributed by atoms with Crippen molar-refractivity contribution < 1.29 is 0 Å². The highest BCUT2D eigenvalue weighted by atomic mass is 15.1. The molecule has 2 nitrogen and oxygen atoms in total. The van der Waals surface area contributed by atoms with Crippen molar-refractivity contribution >= 4 is 66.4 Å². The van der Waals surface area contributed by atoms with Crippen LogP contribution in [0.4, 0.5) is 34.1 Å². The molecule has 0 fully saturated rings. The predicted octanol–water partition coefficient (Wildman–Crippen LogP) is 17.1. The molecule has 62 heavy (non-hydrogen) atoms. The molecule has 0 spiro atoms. The lowest BCUT2D eigenvalue weighted by Crippen LogP contribution is -2.10. The van der Waals surface area contributed by atoms with Crippen molar-refractivity contribution in [2.45, 2.75) is 0 Å². The molecule has 0 heterocycles. The van der Waals surface area contributed by atoms with Crippen molar-refractivity contribution in [3.8, 4) is 33.4 Å². The van der Waals surface area contributed by atoms with Gasteiger partial charge < -0.3 is 9.80 Å². The molecule has 11 aromatic rings. The minimum Gasteiger partial charge on any atom is -0.310 e. The van der Waals surface area contributed by atoms with Gasteiger partial charge in [-0.05, 0) is 116 Å². The van der Waals surface area contributed by atoms with Crippen molar-refractivity contribution in [3.05, 3.63) is 255 Å². The summed E-state index contributed by atoms with van der Waals surface area (Å²) in [7, 11) is 0. The molecule has 0 saturated heterocycles. The summed E-state index contributed by atoms with van der Waals surface area (Å²) in [6.07, 6.45) is 0. The Hall–Kier alpha value is -8.20. The van der Waals surface area contributed by atoms with Crippen LogP contribution < -0.4 is 9.80 Å². The van der Waals surface area contributed by atoms with Crippen LogP contribution in [0.1, 0.15) is 0 Å². The van der Waals surface area contributed by atoms with Crippen molar-refractivity contribution in [2.24, 2.45) is 0 Å². The largest absolute Gasteiger partial charge is 0.310 e. The fraction of sp³-hybridized carbons (Fsp3) is 0. The van der Waals surface area contributed by atoms with Crippen molar-refractivity contribution in [2.75, 3.05) is 9.80 Å². The van der Waals surface area contributed by atoms with E-state index in [1.54, 1.807) is 0 Å². The highest BCUT2D eigenvalue weighted by molar-refractivity contribution is 6.01. The van der Waals surface area contributed by atoms with E-state index in [9.17, 15) is 0 Å². The average molecular weight is 791 g/mol. The van der Waals surface area contributed by atoms with E-state index in [1.807, 2.05) is 0 Å². The summed E-state index contributed by atoms with van der Waals surface area (Å²) in [6.45, 7) is 0. The summed E-state index contributed by atoms with van der Waals surface area (Å²) in [5.41, 5.74) is 13.9. The van der Waals surface area contributed by atoms with E-state index in [4.69, 9.17) is 0 Å². The number of hydrogen-bond donors (Lipinski definition) is 0. The van der Waals surface area contributed by atoms with Crippen molar-refractivity contribution in [3.63, 3.8) is 0 Å². The van der Waals surface area contributed by atoms with Gasteiger partial charge >= 0.3 is 0 Å². The van der Waals surface area contributed by atoms with Gasteiger partial charge in [-0.1, -0.05) is 194 Å². The zero-order valence-corrected chi connectivity index (χ0v) is 34.1. The van der Waals surface area contributed by atoms with E-state index in [-0.39, 0.29) is 0 Å². The smallest absolute Gasteiger partial charge is 0.0540 e. The van der Waals surface area contributed by atoms with Gasteiger partial charge in [0.15, 0.2) is 0 Å². The molecule has 2 heteroatoms. The van der Waals surface area contributed by atoms with Gasteiger partial charge in [0.1, 0.15) is 0 Å². The van der Waals surface area contributed by atoms with Crippen LogP contribution in [0.25, 0.3) is 65.7 Å². The summed E-state index contributed by atoms with van der Waals surface area (Å²) < 4.78 is 0. The van der Waals surface area contributed by atoms with E-state index in [1.165, 1.54) is 54.6 Å². The van der Waals surface area contributed by atoms with Crippen molar-refractivity contribution in [1.29, 1.82) is 0 Å². The minimum absolute atomic E-state index is 1.10. The second-order valence-electron chi connectivity index (χ2n) is 15.8. The molecule has 11 rings (SSSR count). The van der Waals surface area contributed by atoms with E-state index < -0.39 is 0 Å². The summed E-state index contributed by atoms with van der Waals surface area (Å²) in [5, 5.41) is 7.30. The van der Waals surface area contributed by atoms with Crippen LogP contribution in [-0.4, -0.2) is 0 Å². The van der Waals surface area contributed by atoms with Crippen LogP contribution in [-0.2, 0) is 0 Å². The Morgan fingerprint density at radius 1 is 0.194 bits per heavy atom.